The van der Waals surface area contributed by atoms with Gasteiger partial charge in [0.1, 0.15) is 5.75 Å². The Morgan fingerprint density at radius 3 is 2.52 bits per heavy atom. The Morgan fingerprint density at radius 1 is 1.26 bits per heavy atom. The molecule has 0 aliphatic carbocycles. The van der Waals surface area contributed by atoms with E-state index in [1.165, 1.54) is 13.2 Å². The van der Waals surface area contributed by atoms with Crippen LogP contribution in [-0.2, 0) is 6.18 Å². The minimum absolute atomic E-state index is 0.0604. The number of nitrogens with zero attached hydrogens (tertiary/aromatic N) is 3. The van der Waals surface area contributed by atoms with E-state index >= 15 is 0 Å². The molecule has 0 radical (unpaired) electrons. The molecule has 0 fully saturated rings. The third-order valence-electron chi connectivity index (χ3n) is 3.47. The Labute approximate surface area is 155 Å². The second-order valence-electron chi connectivity index (χ2n) is 5.29. The van der Waals surface area contributed by atoms with E-state index in [9.17, 15) is 18.0 Å². The summed E-state index contributed by atoms with van der Waals surface area (Å²) in [6.07, 6.45) is -1.63. The molecular formula is C17H12F3N3O3S. The summed E-state index contributed by atoms with van der Waals surface area (Å²) >= 11 is 0.764. The number of hydrogen-bond acceptors (Lipinski definition) is 5. The fourth-order valence-electron chi connectivity index (χ4n) is 2.19. The zero-order valence-electron chi connectivity index (χ0n) is 13.8. The minimum atomic E-state index is -4.67. The van der Waals surface area contributed by atoms with Crippen molar-refractivity contribution in [3.05, 3.63) is 58.4 Å². The highest BCUT2D eigenvalue weighted by atomic mass is 32.1. The molecule has 0 aliphatic rings. The topological polar surface area (TPSA) is 77.2 Å². The second-order valence-corrected chi connectivity index (χ2v) is 6.13. The first-order valence-electron chi connectivity index (χ1n) is 7.46. The van der Waals surface area contributed by atoms with E-state index in [-0.39, 0.29) is 16.5 Å². The highest BCUT2D eigenvalue weighted by Crippen LogP contribution is 2.32. The van der Waals surface area contributed by atoms with Gasteiger partial charge in [-0.05, 0) is 29.8 Å². The first-order valence-corrected chi connectivity index (χ1v) is 8.34. The molecule has 6 nitrogen and oxygen atoms in total. The van der Waals surface area contributed by atoms with Crippen LogP contribution in [-0.4, -0.2) is 33.0 Å². The van der Waals surface area contributed by atoms with Crippen LogP contribution < -0.4 is 4.74 Å². The molecule has 0 spiro atoms. The van der Waals surface area contributed by atoms with Gasteiger partial charge in [-0.15, -0.1) is 11.3 Å². The van der Waals surface area contributed by atoms with Gasteiger partial charge in [0.05, 0.1) is 12.8 Å². The Hall–Kier alpha value is -3.14. The van der Waals surface area contributed by atoms with E-state index in [2.05, 4.69) is 10.1 Å². The lowest BCUT2D eigenvalue weighted by Gasteiger charge is -2.06. The van der Waals surface area contributed by atoms with Crippen LogP contribution in [0.2, 0.25) is 0 Å². The van der Waals surface area contributed by atoms with Gasteiger partial charge in [-0.1, -0.05) is 18.2 Å². The lowest BCUT2D eigenvalue weighted by molar-refractivity contribution is -0.142. The number of hydrogen-bond donors (Lipinski definition) is 1. The lowest BCUT2D eigenvalue weighted by Crippen LogP contribution is -2.13. The van der Waals surface area contributed by atoms with Crippen molar-refractivity contribution < 1.29 is 27.8 Å². The van der Waals surface area contributed by atoms with Crippen LogP contribution >= 0.6 is 11.3 Å². The molecule has 0 unspecified atom stereocenters. The molecule has 0 aliphatic heterocycles. The van der Waals surface area contributed by atoms with Crippen molar-refractivity contribution in [2.24, 2.45) is 0 Å². The van der Waals surface area contributed by atoms with Crippen LogP contribution in [0, 0.1) is 0 Å². The van der Waals surface area contributed by atoms with E-state index in [1.807, 2.05) is 0 Å². The van der Waals surface area contributed by atoms with Crippen molar-refractivity contribution in [1.29, 1.82) is 0 Å². The number of carboxylic acid groups (broad SMARTS) is 1. The van der Waals surface area contributed by atoms with Crippen molar-refractivity contribution in [1.82, 2.24) is 14.8 Å². The highest BCUT2D eigenvalue weighted by Gasteiger charge is 2.36. The van der Waals surface area contributed by atoms with Gasteiger partial charge in [-0.2, -0.15) is 18.3 Å². The number of carboxylic acids is 1. The fourth-order valence-corrected chi connectivity index (χ4v) is 2.95. The summed E-state index contributed by atoms with van der Waals surface area (Å²) in [4.78, 5) is 14.6. The molecule has 2 aromatic heterocycles. The molecular weight excluding hydrogens is 383 g/mol. The normalized spacial score (nSPS) is 11.9. The van der Waals surface area contributed by atoms with Crippen molar-refractivity contribution in [3.63, 3.8) is 0 Å². The largest absolute Gasteiger partial charge is 0.497 e. The first-order chi connectivity index (χ1) is 12.8. The van der Waals surface area contributed by atoms with Gasteiger partial charge in [0.25, 0.3) is 0 Å². The number of carbonyl (C=O) groups is 1. The predicted octanol–water partition coefficient (Wildman–Crippen LogP) is 4.22. The predicted molar refractivity (Wildman–Crippen MR) is 93.1 cm³/mol. The molecule has 27 heavy (non-hydrogen) atoms. The molecule has 0 bridgehead atoms. The van der Waals surface area contributed by atoms with Crippen LogP contribution in [0.1, 0.15) is 27.4 Å². The van der Waals surface area contributed by atoms with E-state index in [1.54, 1.807) is 30.3 Å². The molecule has 0 atom stereocenters. The van der Waals surface area contributed by atoms with Crippen LogP contribution in [0.15, 0.2) is 35.7 Å². The number of thiazole rings is 1. The van der Waals surface area contributed by atoms with E-state index in [0.717, 1.165) is 28.3 Å². The zero-order chi connectivity index (χ0) is 19.6. The molecule has 140 valence electrons. The van der Waals surface area contributed by atoms with Gasteiger partial charge in [0, 0.05) is 5.38 Å². The Bertz CT molecular complexity index is 991. The number of rotatable bonds is 5. The van der Waals surface area contributed by atoms with Crippen LogP contribution in [0.4, 0.5) is 13.2 Å². The molecule has 0 amide bonds. The number of halogens is 3. The summed E-state index contributed by atoms with van der Waals surface area (Å²) in [5.41, 5.74) is -0.566. The standard InChI is InChI=1S/C17H12F3N3O3S/c1-26-12-6-3-10(4-7-12)2-5-11-8-14(17(18,19)20)23(22-11)16-21-13(9-27-16)15(24)25/h2-9H,1H3,(H,24,25)/b5-2-. The van der Waals surface area contributed by atoms with E-state index in [4.69, 9.17) is 9.84 Å². The monoisotopic (exact) mass is 395 g/mol. The fraction of sp³-hybridized carbons (Fsp3) is 0.118. The van der Waals surface area contributed by atoms with Gasteiger partial charge in [-0.25, -0.2) is 14.5 Å². The maximum absolute atomic E-state index is 13.3. The van der Waals surface area contributed by atoms with Gasteiger partial charge < -0.3 is 9.84 Å². The smallest absolute Gasteiger partial charge is 0.433 e. The summed E-state index contributed by atoms with van der Waals surface area (Å²) in [5, 5.41) is 13.8. The molecule has 1 aromatic carbocycles. The molecule has 10 heteroatoms. The van der Waals surface area contributed by atoms with Crippen LogP contribution in [0.25, 0.3) is 17.3 Å². The number of alkyl halides is 3. The van der Waals surface area contributed by atoms with Crippen molar-refractivity contribution in [2.45, 2.75) is 6.18 Å². The molecule has 3 aromatic rings. The van der Waals surface area contributed by atoms with Gasteiger partial charge in [0.15, 0.2) is 11.4 Å². The molecule has 0 saturated carbocycles. The SMILES string of the molecule is COc1ccc(/C=C\c2cc(C(F)(F)F)n(-c3nc(C(=O)O)cs3)n2)cc1. The van der Waals surface area contributed by atoms with Gasteiger partial charge in [-0.3, -0.25) is 0 Å². The summed E-state index contributed by atoms with van der Waals surface area (Å²) in [7, 11) is 1.53. The minimum Gasteiger partial charge on any atom is -0.497 e. The molecule has 0 saturated heterocycles. The summed E-state index contributed by atoms with van der Waals surface area (Å²) in [5.74, 6) is -0.661. The van der Waals surface area contributed by atoms with E-state index in [0.29, 0.717) is 10.4 Å². The van der Waals surface area contributed by atoms with Crippen LogP contribution in [0.3, 0.4) is 0 Å². The summed E-state index contributed by atoms with van der Waals surface area (Å²) < 4.78 is 45.6. The Morgan fingerprint density at radius 2 is 1.96 bits per heavy atom. The number of aromatic nitrogens is 3. The highest BCUT2D eigenvalue weighted by molar-refractivity contribution is 7.12. The van der Waals surface area contributed by atoms with Crippen molar-refractivity contribution in [3.8, 4) is 10.9 Å². The Balaban J connectivity index is 1.95. The third kappa shape index (κ3) is 4.17. The third-order valence-corrected chi connectivity index (χ3v) is 4.29. The average Bonchev–Trinajstić information content (AvgIpc) is 3.27. The molecule has 1 N–H and O–H groups in total. The maximum Gasteiger partial charge on any atom is 0.433 e. The second kappa shape index (κ2) is 7.23. The van der Waals surface area contributed by atoms with Crippen molar-refractivity contribution in [2.75, 3.05) is 7.11 Å². The van der Waals surface area contributed by atoms with E-state index < -0.39 is 17.8 Å². The molecule has 3 rings (SSSR count). The van der Waals surface area contributed by atoms with Gasteiger partial charge >= 0.3 is 12.1 Å². The lowest BCUT2D eigenvalue weighted by atomic mass is 10.2. The van der Waals surface area contributed by atoms with Crippen molar-refractivity contribution >= 4 is 29.5 Å². The van der Waals surface area contributed by atoms with Crippen LogP contribution in [0.5, 0.6) is 5.75 Å². The van der Waals surface area contributed by atoms with Gasteiger partial charge in [0.2, 0.25) is 5.13 Å². The zero-order valence-corrected chi connectivity index (χ0v) is 14.6. The number of methoxy groups -OCH3 is 1. The summed E-state index contributed by atoms with van der Waals surface area (Å²) in [6.45, 7) is 0. The maximum atomic E-state index is 13.3. The molecule has 2 heterocycles. The quantitative estimate of drug-likeness (QED) is 0.700. The summed E-state index contributed by atoms with van der Waals surface area (Å²) in [6, 6.07) is 7.82. The number of benzene rings is 1. The first kappa shape index (κ1) is 18.6. The average molecular weight is 395 g/mol. The Kier molecular flexibility index (Phi) is 5.00. The number of aromatic carboxylic acids is 1. The number of ether oxygens (including phenoxy) is 1.